The number of ether oxygens (including phenoxy) is 1. The number of rotatable bonds is 6. The van der Waals surface area contributed by atoms with E-state index in [2.05, 4.69) is 29.1 Å². The second kappa shape index (κ2) is 6.27. The van der Waals surface area contributed by atoms with E-state index in [9.17, 15) is 0 Å². The summed E-state index contributed by atoms with van der Waals surface area (Å²) in [6.07, 6.45) is 0. The van der Waals surface area contributed by atoms with Crippen LogP contribution in [0.4, 0.5) is 11.8 Å². The molecule has 0 radical (unpaired) electrons. The van der Waals surface area contributed by atoms with Gasteiger partial charge in [0.1, 0.15) is 5.82 Å². The summed E-state index contributed by atoms with van der Waals surface area (Å²) in [7, 11) is 0. The highest BCUT2D eigenvalue weighted by Crippen LogP contribution is 2.06. The molecule has 1 aromatic heterocycles. The minimum Gasteiger partial charge on any atom is -0.379 e. The van der Waals surface area contributed by atoms with Crippen molar-refractivity contribution in [3.8, 4) is 0 Å². The third kappa shape index (κ3) is 4.93. The Morgan fingerprint density at radius 3 is 2.81 bits per heavy atom. The summed E-state index contributed by atoms with van der Waals surface area (Å²) >= 11 is 0. The molecule has 0 bridgehead atoms. The standard InChI is InChI=1S/C11H20N4O/c1-8(2)7-16-5-4-13-10-6-9(3)14-11(12)15-10/h6,8H,4-5,7H2,1-3H3,(H3,12,13,14,15). The Bertz CT molecular complexity index is 308. The number of hydrogen-bond donors (Lipinski definition) is 2. The number of aromatic nitrogens is 2. The molecule has 90 valence electrons. The van der Waals surface area contributed by atoms with Crippen molar-refractivity contribution < 1.29 is 4.74 Å². The highest BCUT2D eigenvalue weighted by atomic mass is 16.5. The van der Waals surface area contributed by atoms with E-state index in [1.165, 1.54) is 0 Å². The zero-order valence-corrected chi connectivity index (χ0v) is 10.2. The van der Waals surface area contributed by atoms with Gasteiger partial charge in [0.05, 0.1) is 6.61 Å². The molecule has 1 heterocycles. The summed E-state index contributed by atoms with van der Waals surface area (Å²) < 4.78 is 5.44. The smallest absolute Gasteiger partial charge is 0.222 e. The molecule has 1 aromatic rings. The molecule has 0 aliphatic heterocycles. The van der Waals surface area contributed by atoms with Crippen LogP contribution in [0, 0.1) is 12.8 Å². The lowest BCUT2D eigenvalue weighted by atomic mass is 10.2. The lowest BCUT2D eigenvalue weighted by molar-refractivity contribution is 0.118. The molecular formula is C11H20N4O. The van der Waals surface area contributed by atoms with Gasteiger partial charge in [-0.25, -0.2) is 4.98 Å². The van der Waals surface area contributed by atoms with Gasteiger partial charge in [-0.05, 0) is 12.8 Å². The van der Waals surface area contributed by atoms with E-state index in [0.717, 1.165) is 24.7 Å². The molecule has 5 nitrogen and oxygen atoms in total. The third-order valence-electron chi connectivity index (χ3n) is 1.88. The van der Waals surface area contributed by atoms with Crippen LogP contribution in [0.25, 0.3) is 0 Å². The number of nitrogens with two attached hydrogens (primary N) is 1. The molecule has 5 heteroatoms. The molecule has 0 atom stereocenters. The van der Waals surface area contributed by atoms with E-state index in [1.807, 2.05) is 13.0 Å². The normalized spacial score (nSPS) is 10.8. The number of nitrogens with one attached hydrogen (secondary N) is 1. The van der Waals surface area contributed by atoms with Gasteiger partial charge >= 0.3 is 0 Å². The van der Waals surface area contributed by atoms with Crippen molar-refractivity contribution in [2.75, 3.05) is 30.8 Å². The van der Waals surface area contributed by atoms with Gasteiger partial charge in [0, 0.05) is 24.9 Å². The van der Waals surface area contributed by atoms with Crippen molar-refractivity contribution in [2.45, 2.75) is 20.8 Å². The first kappa shape index (κ1) is 12.7. The summed E-state index contributed by atoms with van der Waals surface area (Å²) in [5, 5.41) is 3.14. The number of nitrogens with zero attached hydrogens (tertiary/aromatic N) is 2. The number of nitrogen functional groups attached to an aromatic ring is 1. The van der Waals surface area contributed by atoms with Crippen molar-refractivity contribution in [2.24, 2.45) is 5.92 Å². The van der Waals surface area contributed by atoms with Gasteiger partial charge in [0.2, 0.25) is 5.95 Å². The maximum atomic E-state index is 5.54. The maximum absolute atomic E-state index is 5.54. The summed E-state index contributed by atoms with van der Waals surface area (Å²) in [4.78, 5) is 8.06. The topological polar surface area (TPSA) is 73.1 Å². The Hall–Kier alpha value is -1.36. The molecular weight excluding hydrogens is 204 g/mol. The van der Waals surface area contributed by atoms with Gasteiger partial charge in [-0.15, -0.1) is 0 Å². The first-order valence-electron chi connectivity index (χ1n) is 5.50. The van der Waals surface area contributed by atoms with Crippen molar-refractivity contribution >= 4 is 11.8 Å². The van der Waals surface area contributed by atoms with Crippen LogP contribution in [0.3, 0.4) is 0 Å². The minimum atomic E-state index is 0.297. The summed E-state index contributed by atoms with van der Waals surface area (Å²) in [6.45, 7) is 8.32. The van der Waals surface area contributed by atoms with Gasteiger partial charge in [-0.2, -0.15) is 4.98 Å². The molecule has 0 saturated carbocycles. The zero-order valence-electron chi connectivity index (χ0n) is 10.2. The predicted octanol–water partition coefficient (Wildman–Crippen LogP) is 1.45. The molecule has 0 unspecified atom stereocenters. The largest absolute Gasteiger partial charge is 0.379 e. The van der Waals surface area contributed by atoms with E-state index >= 15 is 0 Å². The highest BCUT2D eigenvalue weighted by molar-refractivity contribution is 5.39. The molecule has 1 rings (SSSR count). The second-order valence-electron chi connectivity index (χ2n) is 4.15. The van der Waals surface area contributed by atoms with Gasteiger partial charge < -0.3 is 15.8 Å². The van der Waals surface area contributed by atoms with Crippen LogP contribution < -0.4 is 11.1 Å². The van der Waals surface area contributed by atoms with Crippen LogP contribution in [-0.2, 0) is 4.74 Å². The Kier molecular flexibility index (Phi) is 4.98. The van der Waals surface area contributed by atoms with Crippen LogP contribution >= 0.6 is 0 Å². The highest BCUT2D eigenvalue weighted by Gasteiger charge is 1.98. The molecule has 16 heavy (non-hydrogen) atoms. The van der Waals surface area contributed by atoms with E-state index in [0.29, 0.717) is 18.5 Å². The van der Waals surface area contributed by atoms with Gasteiger partial charge in [0.15, 0.2) is 0 Å². The van der Waals surface area contributed by atoms with Crippen LogP contribution in [0.1, 0.15) is 19.5 Å². The molecule has 0 amide bonds. The summed E-state index contributed by atoms with van der Waals surface area (Å²) in [5.41, 5.74) is 6.40. The Balaban J connectivity index is 2.26. The van der Waals surface area contributed by atoms with Crippen LogP contribution in [0.15, 0.2) is 6.07 Å². The molecule has 0 saturated heterocycles. The monoisotopic (exact) mass is 224 g/mol. The number of anilines is 2. The van der Waals surface area contributed by atoms with Gasteiger partial charge in [-0.1, -0.05) is 13.8 Å². The van der Waals surface area contributed by atoms with E-state index < -0.39 is 0 Å². The fourth-order valence-corrected chi connectivity index (χ4v) is 1.25. The van der Waals surface area contributed by atoms with Gasteiger partial charge in [0.25, 0.3) is 0 Å². The minimum absolute atomic E-state index is 0.297. The molecule has 0 aliphatic rings. The lowest BCUT2D eigenvalue weighted by Gasteiger charge is -2.09. The SMILES string of the molecule is Cc1cc(NCCOCC(C)C)nc(N)n1. The average molecular weight is 224 g/mol. The van der Waals surface area contributed by atoms with Crippen LogP contribution in [-0.4, -0.2) is 29.7 Å². The maximum Gasteiger partial charge on any atom is 0.222 e. The van der Waals surface area contributed by atoms with Crippen LogP contribution in [0.2, 0.25) is 0 Å². The average Bonchev–Trinajstić information content (AvgIpc) is 2.15. The molecule has 0 fully saturated rings. The van der Waals surface area contributed by atoms with Crippen molar-refractivity contribution in [3.63, 3.8) is 0 Å². The molecule has 0 aliphatic carbocycles. The molecule has 0 aromatic carbocycles. The molecule has 0 spiro atoms. The van der Waals surface area contributed by atoms with Gasteiger partial charge in [-0.3, -0.25) is 0 Å². The lowest BCUT2D eigenvalue weighted by Crippen LogP contribution is -2.13. The zero-order chi connectivity index (χ0) is 12.0. The summed E-state index contributed by atoms with van der Waals surface area (Å²) in [6, 6.07) is 1.86. The number of aryl methyl sites for hydroxylation is 1. The Morgan fingerprint density at radius 2 is 2.19 bits per heavy atom. The molecule has 3 N–H and O–H groups in total. The fourth-order valence-electron chi connectivity index (χ4n) is 1.25. The van der Waals surface area contributed by atoms with E-state index in [1.54, 1.807) is 0 Å². The first-order valence-corrected chi connectivity index (χ1v) is 5.50. The quantitative estimate of drug-likeness (QED) is 0.715. The third-order valence-corrected chi connectivity index (χ3v) is 1.88. The number of hydrogen-bond acceptors (Lipinski definition) is 5. The predicted molar refractivity (Wildman–Crippen MR) is 65.3 cm³/mol. The van der Waals surface area contributed by atoms with Crippen LogP contribution in [0.5, 0.6) is 0 Å². The fraction of sp³-hybridized carbons (Fsp3) is 0.636. The van der Waals surface area contributed by atoms with E-state index in [-0.39, 0.29) is 0 Å². The first-order chi connectivity index (χ1) is 7.58. The Morgan fingerprint density at radius 1 is 1.44 bits per heavy atom. The van der Waals surface area contributed by atoms with Crippen molar-refractivity contribution in [1.29, 1.82) is 0 Å². The van der Waals surface area contributed by atoms with Crippen molar-refractivity contribution in [1.82, 2.24) is 9.97 Å². The second-order valence-corrected chi connectivity index (χ2v) is 4.15. The Labute approximate surface area is 96.4 Å². The van der Waals surface area contributed by atoms with Crippen molar-refractivity contribution in [3.05, 3.63) is 11.8 Å². The van der Waals surface area contributed by atoms with E-state index in [4.69, 9.17) is 10.5 Å². The summed E-state index contributed by atoms with van der Waals surface area (Å²) in [5.74, 6) is 1.61.